The third-order valence-corrected chi connectivity index (χ3v) is 3.73. The number of ether oxygens (including phenoxy) is 1. The fraction of sp³-hybridized carbons (Fsp3) is 0.350. The van der Waals surface area contributed by atoms with Crippen molar-refractivity contribution in [2.24, 2.45) is 5.73 Å². The van der Waals surface area contributed by atoms with Gasteiger partial charge in [-0.2, -0.15) is 0 Å². The third kappa shape index (κ3) is 5.89. The highest BCUT2D eigenvalue weighted by Crippen LogP contribution is 2.35. The first-order valence-electron chi connectivity index (χ1n) is 8.45. The van der Waals surface area contributed by atoms with Gasteiger partial charge in [0.25, 0.3) is 0 Å². The van der Waals surface area contributed by atoms with Crippen LogP contribution in [0, 0.1) is 5.41 Å². The minimum absolute atomic E-state index is 0.337. The van der Waals surface area contributed by atoms with Crippen molar-refractivity contribution >= 4 is 17.0 Å². The molecule has 1 aromatic carbocycles. The molecule has 0 aliphatic carbocycles. The van der Waals surface area contributed by atoms with Gasteiger partial charge >= 0.3 is 0 Å². The number of anilines is 1. The second-order valence-corrected chi connectivity index (χ2v) is 5.59. The normalized spacial score (nSPS) is 13.8. The molecule has 0 heterocycles. The van der Waals surface area contributed by atoms with E-state index in [0.717, 1.165) is 29.0 Å². The third-order valence-electron chi connectivity index (χ3n) is 3.73. The Labute approximate surface area is 151 Å². The number of rotatable bonds is 9. The van der Waals surface area contributed by atoms with Gasteiger partial charge in [0.05, 0.1) is 30.4 Å². The molecule has 25 heavy (non-hydrogen) atoms. The summed E-state index contributed by atoms with van der Waals surface area (Å²) in [5.74, 6) is 0.738. The van der Waals surface area contributed by atoms with Crippen LogP contribution in [0.1, 0.15) is 32.8 Å². The standard InChI is InChI=1S/C20H30N4O/c1-6-8-10-15(7-2)16-11-9-12-17(20(16)25-5)24-18(14(3)21)13-19(22)23-4/h7-13,19,21,23-24H,6,22H2,1-5H3/b10-8-,15-7+,18-13+,21-14?. The summed E-state index contributed by atoms with van der Waals surface area (Å²) in [6, 6.07) is 5.93. The molecule has 1 unspecified atom stereocenters. The minimum atomic E-state index is -0.337. The quantitative estimate of drug-likeness (QED) is 0.311. The van der Waals surface area contributed by atoms with Gasteiger partial charge < -0.3 is 26.5 Å². The summed E-state index contributed by atoms with van der Waals surface area (Å²) in [7, 11) is 3.43. The average Bonchev–Trinajstić information content (AvgIpc) is 2.61. The largest absolute Gasteiger partial charge is 0.494 e. The van der Waals surface area contributed by atoms with Crippen molar-refractivity contribution in [2.45, 2.75) is 33.4 Å². The van der Waals surface area contributed by atoms with Crippen molar-refractivity contribution in [1.29, 1.82) is 5.41 Å². The first-order valence-corrected chi connectivity index (χ1v) is 8.45. The number of allylic oxidation sites excluding steroid dienone is 5. The summed E-state index contributed by atoms with van der Waals surface area (Å²) in [6.07, 6.45) is 8.69. The molecule has 0 amide bonds. The van der Waals surface area contributed by atoms with Crippen molar-refractivity contribution in [3.05, 3.63) is 53.8 Å². The number of hydrogen-bond donors (Lipinski definition) is 4. The van der Waals surface area contributed by atoms with Crippen molar-refractivity contribution < 1.29 is 4.74 Å². The fourth-order valence-electron chi connectivity index (χ4n) is 2.34. The van der Waals surface area contributed by atoms with Crippen molar-refractivity contribution in [3.63, 3.8) is 0 Å². The molecular weight excluding hydrogens is 312 g/mol. The molecule has 0 radical (unpaired) electrons. The number of methoxy groups -OCH3 is 1. The Kier molecular flexibility index (Phi) is 8.67. The highest BCUT2D eigenvalue weighted by Gasteiger charge is 2.13. The molecule has 136 valence electrons. The van der Waals surface area contributed by atoms with Crippen LogP contribution >= 0.6 is 0 Å². The highest BCUT2D eigenvalue weighted by atomic mass is 16.5. The maximum absolute atomic E-state index is 7.98. The minimum Gasteiger partial charge on any atom is -0.494 e. The lowest BCUT2D eigenvalue weighted by Gasteiger charge is -2.18. The van der Waals surface area contributed by atoms with E-state index in [-0.39, 0.29) is 6.17 Å². The number of para-hydroxylation sites is 1. The van der Waals surface area contributed by atoms with E-state index in [4.69, 9.17) is 15.9 Å². The zero-order valence-electron chi connectivity index (χ0n) is 15.8. The monoisotopic (exact) mass is 342 g/mol. The van der Waals surface area contributed by atoms with Crippen LogP contribution in [0.3, 0.4) is 0 Å². The van der Waals surface area contributed by atoms with Crippen molar-refractivity contribution in [2.75, 3.05) is 19.5 Å². The second-order valence-electron chi connectivity index (χ2n) is 5.59. The Morgan fingerprint density at radius 2 is 2.12 bits per heavy atom. The van der Waals surface area contributed by atoms with Gasteiger partial charge in [-0.05, 0) is 45.0 Å². The maximum Gasteiger partial charge on any atom is 0.150 e. The summed E-state index contributed by atoms with van der Waals surface area (Å²) in [5, 5.41) is 14.2. The maximum atomic E-state index is 7.98. The lowest BCUT2D eigenvalue weighted by atomic mass is 10.0. The second kappa shape index (κ2) is 10.5. The Bertz CT molecular complexity index is 674. The van der Waals surface area contributed by atoms with E-state index in [9.17, 15) is 0 Å². The number of nitrogens with one attached hydrogen (secondary N) is 3. The lowest BCUT2D eigenvalue weighted by Crippen LogP contribution is -2.33. The first kappa shape index (κ1) is 20.7. The Morgan fingerprint density at radius 1 is 1.40 bits per heavy atom. The molecule has 0 aromatic heterocycles. The van der Waals surface area contributed by atoms with Crippen molar-refractivity contribution in [3.8, 4) is 5.75 Å². The van der Waals surface area contributed by atoms with E-state index in [0.29, 0.717) is 11.4 Å². The van der Waals surface area contributed by atoms with Gasteiger partial charge in [0.15, 0.2) is 0 Å². The molecular formula is C20H30N4O. The van der Waals surface area contributed by atoms with Crippen LogP contribution in [0.15, 0.2) is 48.2 Å². The summed E-state index contributed by atoms with van der Waals surface area (Å²) in [4.78, 5) is 0. The molecule has 5 N–H and O–H groups in total. The van der Waals surface area contributed by atoms with Crippen molar-refractivity contribution in [1.82, 2.24) is 5.32 Å². The fourth-order valence-corrected chi connectivity index (χ4v) is 2.34. The average molecular weight is 342 g/mol. The molecule has 5 heteroatoms. The summed E-state index contributed by atoms with van der Waals surface area (Å²) >= 11 is 0. The number of benzene rings is 1. The summed E-state index contributed by atoms with van der Waals surface area (Å²) in [6.45, 7) is 5.83. The zero-order chi connectivity index (χ0) is 18.8. The van der Waals surface area contributed by atoms with Gasteiger partial charge in [0, 0.05) is 5.56 Å². The topological polar surface area (TPSA) is 83.2 Å². The van der Waals surface area contributed by atoms with Gasteiger partial charge in [0.2, 0.25) is 0 Å². The number of nitrogens with two attached hydrogens (primary N) is 1. The molecule has 0 bridgehead atoms. The Morgan fingerprint density at radius 3 is 2.64 bits per heavy atom. The van der Waals surface area contributed by atoms with Gasteiger partial charge in [-0.3, -0.25) is 0 Å². The van der Waals surface area contributed by atoms with E-state index in [1.54, 1.807) is 27.2 Å². The van der Waals surface area contributed by atoms with E-state index >= 15 is 0 Å². The zero-order valence-corrected chi connectivity index (χ0v) is 15.8. The van der Waals surface area contributed by atoms with Crippen LogP contribution < -0.4 is 21.1 Å². The molecule has 0 aliphatic rings. The van der Waals surface area contributed by atoms with E-state index < -0.39 is 0 Å². The number of hydrogen-bond acceptors (Lipinski definition) is 5. The molecule has 0 fully saturated rings. The van der Waals surface area contributed by atoms with Crippen LogP contribution in [0.25, 0.3) is 5.57 Å². The first-order chi connectivity index (χ1) is 12.0. The predicted octanol–water partition coefficient (Wildman–Crippen LogP) is 3.90. The Balaban J connectivity index is 3.33. The predicted molar refractivity (Wildman–Crippen MR) is 108 cm³/mol. The summed E-state index contributed by atoms with van der Waals surface area (Å²) < 4.78 is 5.67. The molecule has 0 saturated carbocycles. The molecule has 1 atom stereocenters. The van der Waals surface area contributed by atoms with E-state index in [1.807, 2.05) is 25.1 Å². The van der Waals surface area contributed by atoms with Gasteiger partial charge in [-0.25, -0.2) is 0 Å². The smallest absolute Gasteiger partial charge is 0.150 e. The van der Waals surface area contributed by atoms with E-state index in [2.05, 4.69) is 35.8 Å². The van der Waals surface area contributed by atoms with Crippen LogP contribution in [0.2, 0.25) is 0 Å². The van der Waals surface area contributed by atoms with E-state index in [1.165, 1.54) is 0 Å². The molecule has 0 saturated heterocycles. The van der Waals surface area contributed by atoms with Crippen LogP contribution in [-0.4, -0.2) is 26.0 Å². The molecule has 1 aromatic rings. The molecule has 0 aliphatic heterocycles. The van der Waals surface area contributed by atoms with Crippen LogP contribution in [0.5, 0.6) is 5.75 Å². The van der Waals surface area contributed by atoms with Gasteiger partial charge in [-0.15, -0.1) is 0 Å². The number of likely N-dealkylation sites (N-methyl/N-ethyl adjacent to an activating group) is 1. The van der Waals surface area contributed by atoms with Crippen LogP contribution in [-0.2, 0) is 0 Å². The van der Waals surface area contributed by atoms with Gasteiger partial charge in [0.1, 0.15) is 5.75 Å². The summed E-state index contributed by atoms with van der Waals surface area (Å²) in [5.41, 5.74) is 9.84. The molecule has 0 spiro atoms. The van der Waals surface area contributed by atoms with Gasteiger partial charge in [-0.1, -0.05) is 37.3 Å². The SMILES string of the molecule is C/C=C(\C=C/CC)c1cccc(N/C(=C/C(N)NC)C(C)=N)c1OC. The lowest BCUT2D eigenvalue weighted by molar-refractivity contribution is 0.415. The molecule has 1 rings (SSSR count). The van der Waals surface area contributed by atoms with Crippen LogP contribution in [0.4, 0.5) is 5.69 Å². The highest BCUT2D eigenvalue weighted by molar-refractivity contribution is 5.99. The Hall–Kier alpha value is -2.37. The molecule has 5 nitrogen and oxygen atoms in total.